The minimum atomic E-state index is 0.652. The Hall–Kier alpha value is -4.50. The van der Waals surface area contributed by atoms with Crippen LogP contribution in [0.15, 0.2) is 72.2 Å². The fourth-order valence-electron chi connectivity index (χ4n) is 5.04. The molecule has 2 N–H and O–H groups in total. The van der Waals surface area contributed by atoms with E-state index in [0.717, 1.165) is 81.0 Å². The second kappa shape index (κ2) is 9.18. The standard InChI is InChI=1S/C28H25N7O2/c1-2-5-35(4-1)6-8-37-20-9-19(12-29-13-20)24-11-22-27(16-31-24)33-34-28(22)25-10-21-23(18-3-7-36-17-18)14-30-15-26(21)32-25/h3,7,9-17,32H,1-2,4-6,8H2,(H,33,34). The summed E-state index contributed by atoms with van der Waals surface area (Å²) in [5.74, 6) is 0.751. The lowest BCUT2D eigenvalue weighted by molar-refractivity contribution is 0.237. The summed E-state index contributed by atoms with van der Waals surface area (Å²) in [6.07, 6.45) is 15.0. The van der Waals surface area contributed by atoms with Gasteiger partial charge in [0.05, 0.1) is 53.5 Å². The molecule has 1 fully saturated rings. The maximum atomic E-state index is 6.00. The molecule has 0 radical (unpaired) electrons. The first-order valence-electron chi connectivity index (χ1n) is 12.5. The van der Waals surface area contributed by atoms with E-state index in [2.05, 4.69) is 41.1 Å². The van der Waals surface area contributed by atoms with Crippen LogP contribution in [0.25, 0.3) is 55.6 Å². The third-order valence-corrected chi connectivity index (χ3v) is 6.96. The quantitative estimate of drug-likeness (QED) is 0.312. The molecule has 37 heavy (non-hydrogen) atoms. The predicted octanol–water partition coefficient (Wildman–Crippen LogP) is 5.30. The minimum absolute atomic E-state index is 0.652. The zero-order chi connectivity index (χ0) is 24.6. The van der Waals surface area contributed by atoms with Crippen LogP contribution in [-0.2, 0) is 0 Å². The van der Waals surface area contributed by atoms with Crippen molar-refractivity contribution in [3.8, 4) is 39.5 Å². The molecular weight excluding hydrogens is 466 g/mol. The molecule has 0 bridgehead atoms. The van der Waals surface area contributed by atoms with Gasteiger partial charge in [0.1, 0.15) is 18.1 Å². The second-order valence-electron chi connectivity index (χ2n) is 9.34. The largest absolute Gasteiger partial charge is 0.491 e. The Balaban J connectivity index is 1.20. The van der Waals surface area contributed by atoms with Gasteiger partial charge in [-0.3, -0.25) is 25.0 Å². The van der Waals surface area contributed by atoms with Gasteiger partial charge >= 0.3 is 0 Å². The summed E-state index contributed by atoms with van der Waals surface area (Å²) in [4.78, 5) is 19.4. The number of likely N-dealkylation sites (tertiary alicyclic amines) is 1. The molecule has 1 saturated heterocycles. The average Bonchev–Trinajstić information content (AvgIpc) is 3.74. The van der Waals surface area contributed by atoms with Gasteiger partial charge in [-0.1, -0.05) is 0 Å². The lowest BCUT2D eigenvalue weighted by atomic mass is 10.1. The van der Waals surface area contributed by atoms with Gasteiger partial charge in [-0.2, -0.15) is 5.10 Å². The van der Waals surface area contributed by atoms with Crippen molar-refractivity contribution in [2.45, 2.75) is 12.8 Å². The molecule has 1 aliphatic rings. The number of ether oxygens (including phenoxy) is 1. The van der Waals surface area contributed by atoms with Gasteiger partial charge in [-0.05, 0) is 50.2 Å². The normalized spacial score (nSPS) is 14.2. The third-order valence-electron chi connectivity index (χ3n) is 6.96. The molecule has 6 aromatic heterocycles. The predicted molar refractivity (Wildman–Crippen MR) is 141 cm³/mol. The molecule has 9 nitrogen and oxygen atoms in total. The topological polar surface area (TPSA) is 109 Å². The number of hydrogen-bond donors (Lipinski definition) is 2. The van der Waals surface area contributed by atoms with Gasteiger partial charge in [0.15, 0.2) is 0 Å². The molecule has 184 valence electrons. The first-order chi connectivity index (χ1) is 18.3. The molecular formula is C28H25N7O2. The molecule has 0 amide bonds. The number of hydrogen-bond acceptors (Lipinski definition) is 7. The number of furan rings is 1. The Kier molecular flexibility index (Phi) is 5.40. The van der Waals surface area contributed by atoms with Crippen LogP contribution in [0, 0.1) is 0 Å². The number of nitrogens with zero attached hydrogens (tertiary/aromatic N) is 5. The molecule has 0 spiro atoms. The Bertz CT molecular complexity index is 1680. The van der Waals surface area contributed by atoms with Crippen LogP contribution in [0.1, 0.15) is 12.8 Å². The lowest BCUT2D eigenvalue weighted by Crippen LogP contribution is -2.25. The van der Waals surface area contributed by atoms with E-state index in [1.165, 1.54) is 12.8 Å². The first kappa shape index (κ1) is 21.8. The van der Waals surface area contributed by atoms with Crippen LogP contribution in [0.3, 0.4) is 0 Å². The third kappa shape index (κ3) is 4.13. The number of rotatable bonds is 7. The highest BCUT2D eigenvalue weighted by molar-refractivity contribution is 6.00. The summed E-state index contributed by atoms with van der Waals surface area (Å²) in [5.41, 5.74) is 7.20. The zero-order valence-electron chi connectivity index (χ0n) is 20.1. The monoisotopic (exact) mass is 491 g/mol. The van der Waals surface area contributed by atoms with Crippen molar-refractivity contribution in [3.05, 3.63) is 67.8 Å². The van der Waals surface area contributed by atoms with E-state index in [9.17, 15) is 0 Å². The SMILES string of the molecule is c1cc(-c2cncc3[nH]c(-c4n[nH]c5cnc(-c6cncc(OCCN7CCCC7)c6)cc45)cc23)co1. The highest BCUT2D eigenvalue weighted by Crippen LogP contribution is 2.34. The number of aromatic amines is 2. The Morgan fingerprint density at radius 2 is 1.84 bits per heavy atom. The molecule has 7 rings (SSSR count). The fourth-order valence-corrected chi connectivity index (χ4v) is 5.04. The van der Waals surface area contributed by atoms with Crippen LogP contribution in [0.5, 0.6) is 5.75 Å². The molecule has 9 heteroatoms. The van der Waals surface area contributed by atoms with Crippen molar-refractivity contribution in [1.82, 2.24) is 35.0 Å². The molecule has 7 heterocycles. The van der Waals surface area contributed by atoms with Gasteiger partial charge in [0, 0.05) is 46.4 Å². The number of aromatic nitrogens is 6. The summed E-state index contributed by atoms with van der Waals surface area (Å²) in [6.45, 7) is 3.92. The van der Waals surface area contributed by atoms with Crippen LogP contribution >= 0.6 is 0 Å². The minimum Gasteiger partial charge on any atom is -0.491 e. The molecule has 0 aliphatic carbocycles. The van der Waals surface area contributed by atoms with E-state index >= 15 is 0 Å². The lowest BCUT2D eigenvalue weighted by Gasteiger charge is -2.15. The Morgan fingerprint density at radius 1 is 0.919 bits per heavy atom. The van der Waals surface area contributed by atoms with Crippen LogP contribution in [0.4, 0.5) is 0 Å². The average molecular weight is 492 g/mol. The van der Waals surface area contributed by atoms with Crippen molar-refractivity contribution in [2.75, 3.05) is 26.2 Å². The highest BCUT2D eigenvalue weighted by Gasteiger charge is 2.16. The van der Waals surface area contributed by atoms with E-state index in [4.69, 9.17) is 9.15 Å². The van der Waals surface area contributed by atoms with Crippen molar-refractivity contribution in [3.63, 3.8) is 0 Å². The van der Waals surface area contributed by atoms with Gasteiger partial charge in [-0.15, -0.1) is 0 Å². The van der Waals surface area contributed by atoms with E-state index in [1.54, 1.807) is 18.7 Å². The van der Waals surface area contributed by atoms with Crippen LogP contribution < -0.4 is 4.74 Å². The fraction of sp³-hybridized carbons (Fsp3) is 0.214. The van der Waals surface area contributed by atoms with Crippen LogP contribution in [-0.4, -0.2) is 61.3 Å². The summed E-state index contributed by atoms with van der Waals surface area (Å²) in [6, 6.07) is 8.07. The van der Waals surface area contributed by atoms with E-state index in [1.807, 2.05) is 43.0 Å². The first-order valence-corrected chi connectivity index (χ1v) is 12.5. The highest BCUT2D eigenvalue weighted by atomic mass is 16.5. The number of fused-ring (bicyclic) bond motifs is 2. The van der Waals surface area contributed by atoms with E-state index < -0.39 is 0 Å². The van der Waals surface area contributed by atoms with Crippen molar-refractivity contribution in [2.24, 2.45) is 0 Å². The number of H-pyrrole nitrogens is 2. The maximum Gasteiger partial charge on any atom is 0.138 e. The number of nitrogens with one attached hydrogen (secondary N) is 2. The molecule has 0 atom stereocenters. The Labute approximate surface area is 212 Å². The summed E-state index contributed by atoms with van der Waals surface area (Å²) in [7, 11) is 0. The van der Waals surface area contributed by atoms with Gasteiger partial charge in [0.25, 0.3) is 0 Å². The molecule has 0 aromatic carbocycles. The van der Waals surface area contributed by atoms with Crippen molar-refractivity contribution >= 4 is 21.8 Å². The maximum absolute atomic E-state index is 6.00. The van der Waals surface area contributed by atoms with Crippen molar-refractivity contribution < 1.29 is 9.15 Å². The van der Waals surface area contributed by atoms with Gasteiger partial charge in [0.2, 0.25) is 0 Å². The number of pyridine rings is 3. The van der Waals surface area contributed by atoms with E-state index in [0.29, 0.717) is 6.61 Å². The molecule has 1 aliphatic heterocycles. The molecule has 0 unspecified atom stereocenters. The van der Waals surface area contributed by atoms with Crippen molar-refractivity contribution in [1.29, 1.82) is 0 Å². The zero-order valence-corrected chi connectivity index (χ0v) is 20.1. The summed E-state index contributed by atoms with van der Waals surface area (Å²) < 4.78 is 11.3. The second-order valence-corrected chi connectivity index (χ2v) is 9.34. The van der Waals surface area contributed by atoms with E-state index in [-0.39, 0.29) is 0 Å². The summed E-state index contributed by atoms with van der Waals surface area (Å²) in [5, 5.41) is 9.74. The van der Waals surface area contributed by atoms with Crippen LogP contribution in [0.2, 0.25) is 0 Å². The smallest absolute Gasteiger partial charge is 0.138 e. The summed E-state index contributed by atoms with van der Waals surface area (Å²) >= 11 is 0. The Morgan fingerprint density at radius 3 is 2.73 bits per heavy atom. The van der Waals surface area contributed by atoms with Gasteiger partial charge < -0.3 is 14.1 Å². The molecule has 6 aromatic rings. The molecule has 0 saturated carbocycles. The van der Waals surface area contributed by atoms with Gasteiger partial charge in [-0.25, -0.2) is 0 Å².